The van der Waals surface area contributed by atoms with E-state index >= 15 is 0 Å². The fraction of sp³-hybridized carbons (Fsp3) is 0.581. The number of phosphoric acid groups is 2. The lowest BCUT2D eigenvalue weighted by molar-refractivity contribution is -0.162. The van der Waals surface area contributed by atoms with Crippen LogP contribution in [-0.2, 0) is 51.2 Å². The topological polar surface area (TPSA) is 397 Å². The van der Waals surface area contributed by atoms with Crippen LogP contribution in [0.5, 0.6) is 0 Å². The fourth-order valence-electron chi connectivity index (χ4n) is 5.95. The zero-order chi connectivity index (χ0) is 44.2. The molecule has 0 aromatic carbocycles. The number of ether oxygens (including phenoxy) is 4. The molecule has 2 fully saturated rings. The zero-order valence-corrected chi connectivity index (χ0v) is 33.6. The first kappa shape index (κ1) is 46.8. The molecule has 0 spiro atoms. The summed E-state index contributed by atoms with van der Waals surface area (Å²) in [4.78, 5) is 84.0. The maximum absolute atomic E-state index is 13.7. The van der Waals surface area contributed by atoms with E-state index in [4.69, 9.17) is 39.5 Å². The van der Waals surface area contributed by atoms with E-state index < -0.39 is 114 Å². The van der Waals surface area contributed by atoms with Crippen molar-refractivity contribution in [1.82, 2.24) is 34.4 Å². The van der Waals surface area contributed by atoms with Gasteiger partial charge in [0.15, 0.2) is 36.1 Å². The number of aromatic nitrogens is 6. The number of nitrogen functional groups attached to an aromatic ring is 2. The van der Waals surface area contributed by atoms with E-state index in [9.17, 15) is 53.5 Å². The van der Waals surface area contributed by atoms with Crippen molar-refractivity contribution >= 4 is 50.3 Å². The summed E-state index contributed by atoms with van der Waals surface area (Å²) in [5.74, 6) is -2.00. The number of hydrogen-bond acceptors (Lipinski definition) is 21. The zero-order valence-electron chi connectivity index (χ0n) is 31.8. The van der Waals surface area contributed by atoms with Crippen molar-refractivity contribution in [2.24, 2.45) is 0 Å². The van der Waals surface area contributed by atoms with E-state index in [2.05, 4.69) is 36.4 Å². The standard InChI is InChI=1S/C31H45N9O18P2/c1-4-5-6-19(41)37-15(9-52-12-31(2,3)46)29(44)57-23-16(55-28(21(23)42)40-14-36-20-25(33)34-13-35-26(20)40)11-54-60(50,51)58-24-17(10-53-59(47,48)49)56-27(22(24)43)39-8-7-18(32)38-30(39)45/h4,7-8,13-17,21-24,27-28,42-43,46H,1,5-6,9-12H2,2-3H3,(H,37,41)(H,50,51)(H2,32,38,45)(H2,33,34,35)(H2,47,48,49)/t15-,16+,17+,21+,22+,23+,24+,27+,28+/m0/s1. The quantitative estimate of drug-likeness (QED) is 0.0322. The highest BCUT2D eigenvalue weighted by Crippen LogP contribution is 2.50. The average Bonchev–Trinajstić information content (AvgIpc) is 3.81. The molecule has 3 aromatic rings. The number of fused-ring (bicyclic) bond motifs is 1. The third kappa shape index (κ3) is 11.9. The minimum atomic E-state index is -5.44. The van der Waals surface area contributed by atoms with Crippen molar-refractivity contribution in [2.45, 2.75) is 87.4 Å². The summed E-state index contributed by atoms with van der Waals surface area (Å²) >= 11 is 0. The van der Waals surface area contributed by atoms with Crippen molar-refractivity contribution in [3.05, 3.63) is 48.1 Å². The van der Waals surface area contributed by atoms with Gasteiger partial charge in [-0.3, -0.25) is 27.5 Å². The van der Waals surface area contributed by atoms with Crippen LogP contribution in [0.4, 0.5) is 11.6 Å². The molecule has 27 nitrogen and oxygen atoms in total. The normalized spacial score (nSPS) is 26.1. The van der Waals surface area contributed by atoms with E-state index in [1.54, 1.807) is 0 Å². The van der Waals surface area contributed by atoms with Gasteiger partial charge in [0.2, 0.25) is 5.91 Å². The molecular weight excluding hydrogens is 848 g/mol. The highest BCUT2D eigenvalue weighted by atomic mass is 31.2. The Morgan fingerprint density at radius 1 is 1.03 bits per heavy atom. The molecule has 3 aromatic heterocycles. The van der Waals surface area contributed by atoms with Crippen molar-refractivity contribution in [2.75, 3.05) is 37.9 Å². The summed E-state index contributed by atoms with van der Waals surface area (Å²) in [5.41, 5.74) is 9.24. The van der Waals surface area contributed by atoms with Crippen LogP contribution in [0, 0.1) is 0 Å². The predicted molar refractivity (Wildman–Crippen MR) is 199 cm³/mol. The van der Waals surface area contributed by atoms with E-state index in [1.807, 2.05) is 0 Å². The maximum Gasteiger partial charge on any atom is 0.472 e. The number of phosphoric ester groups is 2. The number of aliphatic hydroxyl groups is 3. The second-order valence-corrected chi connectivity index (χ2v) is 16.7. The van der Waals surface area contributed by atoms with Crippen LogP contribution in [0.15, 0.2) is 42.4 Å². The molecule has 1 unspecified atom stereocenters. The molecule has 0 aliphatic carbocycles. The van der Waals surface area contributed by atoms with Gasteiger partial charge in [-0.2, -0.15) is 4.98 Å². The van der Waals surface area contributed by atoms with Crippen molar-refractivity contribution in [1.29, 1.82) is 0 Å². The van der Waals surface area contributed by atoms with Gasteiger partial charge in [-0.05, 0) is 26.3 Å². The number of esters is 1. The molecule has 2 aliphatic heterocycles. The number of allylic oxidation sites excluding steroid dienone is 1. The number of carbonyl (C=O) groups excluding carboxylic acids is 2. The Balaban J connectivity index is 1.39. The lowest BCUT2D eigenvalue weighted by Crippen LogP contribution is -2.49. The molecule has 5 heterocycles. The molecule has 10 atom stereocenters. The molecule has 5 rings (SSSR count). The van der Waals surface area contributed by atoms with Crippen LogP contribution in [0.25, 0.3) is 11.2 Å². The van der Waals surface area contributed by atoms with E-state index in [1.165, 1.54) is 30.8 Å². The number of imidazole rings is 1. The highest BCUT2D eigenvalue weighted by molar-refractivity contribution is 7.47. The van der Waals surface area contributed by atoms with Crippen LogP contribution in [-0.4, -0.2) is 146 Å². The van der Waals surface area contributed by atoms with Crippen LogP contribution in [0.2, 0.25) is 0 Å². The minimum absolute atomic E-state index is 0.0316. The number of carbonyl (C=O) groups is 2. The molecule has 0 radical (unpaired) electrons. The largest absolute Gasteiger partial charge is 0.472 e. The molecule has 60 heavy (non-hydrogen) atoms. The van der Waals surface area contributed by atoms with E-state index in [-0.39, 0.29) is 42.2 Å². The first-order valence-electron chi connectivity index (χ1n) is 17.8. The molecule has 29 heteroatoms. The summed E-state index contributed by atoms with van der Waals surface area (Å²) < 4.78 is 64.5. The van der Waals surface area contributed by atoms with Crippen LogP contribution >= 0.6 is 15.6 Å². The smallest absolute Gasteiger partial charge is 0.455 e. The molecule has 11 N–H and O–H groups in total. The van der Waals surface area contributed by atoms with Gasteiger partial charge < -0.3 is 65.7 Å². The molecule has 2 saturated heterocycles. The SMILES string of the molecule is C=CCCC(=O)N[C@@H](COCC(C)(C)O)C(=O)O[C@H]1[C@@H](O)[C@H](n2cnc3c(N)ncnc32)O[C@@H]1COP(=O)(O)O[C@H]1[C@@H](O)[C@H](n2ccc(N)nc2=O)O[C@@H]1COP(=O)(O)O. The lowest BCUT2D eigenvalue weighted by atomic mass is 10.1. The number of aliphatic hydroxyl groups excluding tert-OH is 2. The Labute approximate surface area is 339 Å². The first-order chi connectivity index (χ1) is 28.1. The lowest BCUT2D eigenvalue weighted by Gasteiger charge is -2.26. The Bertz CT molecular complexity index is 2160. The number of anilines is 2. The van der Waals surface area contributed by atoms with E-state index in [0.29, 0.717) is 0 Å². The number of rotatable bonds is 20. The first-order valence-corrected chi connectivity index (χ1v) is 20.8. The number of amides is 1. The van der Waals surface area contributed by atoms with Gasteiger partial charge in [0, 0.05) is 12.6 Å². The maximum atomic E-state index is 13.7. The summed E-state index contributed by atoms with van der Waals surface area (Å²) in [6.45, 7) is 3.63. The Hall–Kier alpha value is -4.31. The average molecular weight is 894 g/mol. The summed E-state index contributed by atoms with van der Waals surface area (Å²) in [6.07, 6.45) is -9.09. The number of nitrogens with zero attached hydrogens (tertiary/aromatic N) is 6. The predicted octanol–water partition coefficient (Wildman–Crippen LogP) is -2.47. The molecule has 1 amide bonds. The Morgan fingerprint density at radius 3 is 2.33 bits per heavy atom. The number of nitrogens with two attached hydrogens (primary N) is 2. The van der Waals surface area contributed by atoms with Gasteiger partial charge >= 0.3 is 27.3 Å². The minimum Gasteiger partial charge on any atom is -0.455 e. The second-order valence-electron chi connectivity index (χ2n) is 14.0. The van der Waals surface area contributed by atoms with Crippen molar-refractivity contribution in [3.63, 3.8) is 0 Å². The molecule has 2 aliphatic rings. The number of nitrogens with one attached hydrogen (secondary N) is 1. The monoisotopic (exact) mass is 893 g/mol. The van der Waals surface area contributed by atoms with Gasteiger partial charge in [-0.15, -0.1) is 6.58 Å². The highest BCUT2D eigenvalue weighted by Gasteiger charge is 2.52. The molecule has 332 valence electrons. The van der Waals surface area contributed by atoms with Gasteiger partial charge in [-0.25, -0.2) is 33.7 Å². The summed E-state index contributed by atoms with van der Waals surface area (Å²) in [7, 11) is -10.6. The summed E-state index contributed by atoms with van der Waals surface area (Å²) in [6, 6.07) is -0.352. The van der Waals surface area contributed by atoms with Gasteiger partial charge in [0.05, 0.1) is 38.4 Å². The Kier molecular flexibility index (Phi) is 14.9. The summed E-state index contributed by atoms with van der Waals surface area (Å²) in [5, 5.41) is 35.3. The van der Waals surface area contributed by atoms with Gasteiger partial charge in [0.1, 0.15) is 48.2 Å². The van der Waals surface area contributed by atoms with Crippen LogP contribution in [0.1, 0.15) is 39.1 Å². The second kappa shape index (κ2) is 19.2. The third-order valence-corrected chi connectivity index (χ3v) is 10.1. The molecule has 0 bridgehead atoms. The van der Waals surface area contributed by atoms with Gasteiger partial charge in [-0.1, -0.05) is 6.08 Å². The van der Waals surface area contributed by atoms with Crippen LogP contribution in [0.3, 0.4) is 0 Å². The van der Waals surface area contributed by atoms with Crippen molar-refractivity contribution < 1.29 is 81.2 Å². The number of hydrogen-bond donors (Lipinski definition) is 9. The fourth-order valence-corrected chi connectivity index (χ4v) is 7.26. The third-order valence-electron chi connectivity index (χ3n) is 8.66. The van der Waals surface area contributed by atoms with E-state index in [0.717, 1.165) is 23.2 Å². The Morgan fingerprint density at radius 2 is 1.68 bits per heavy atom. The van der Waals surface area contributed by atoms with Crippen LogP contribution < -0.4 is 22.5 Å². The van der Waals surface area contributed by atoms with Crippen molar-refractivity contribution in [3.8, 4) is 0 Å². The van der Waals surface area contributed by atoms with Gasteiger partial charge in [0.25, 0.3) is 0 Å². The molecule has 0 saturated carbocycles. The molecular formula is C31H45N9O18P2.